The van der Waals surface area contributed by atoms with Crippen molar-refractivity contribution >= 4 is 23.4 Å². The molecule has 3 aromatic rings. The number of aromatic nitrogens is 4. The van der Waals surface area contributed by atoms with Crippen LogP contribution in [0.3, 0.4) is 0 Å². The zero-order chi connectivity index (χ0) is 28.1. The maximum Gasteiger partial charge on any atom is 0.416 e. The lowest BCUT2D eigenvalue weighted by atomic mass is 10.1. The van der Waals surface area contributed by atoms with Crippen molar-refractivity contribution in [3.05, 3.63) is 48.3 Å². The molecule has 11 nitrogen and oxygen atoms in total. The smallest absolute Gasteiger partial charge is 0.416 e. The van der Waals surface area contributed by atoms with Crippen LogP contribution in [-0.2, 0) is 15.7 Å². The first-order valence-corrected chi connectivity index (χ1v) is 12.7. The lowest BCUT2D eigenvalue weighted by molar-refractivity contribution is -0.141. The molecule has 2 aromatic heterocycles. The van der Waals surface area contributed by atoms with Gasteiger partial charge in [0.25, 0.3) is 0 Å². The maximum atomic E-state index is 13.6. The molecule has 1 aromatic carbocycles. The summed E-state index contributed by atoms with van der Waals surface area (Å²) < 4.78 is 56.8. The molecule has 2 amide bonds. The molecule has 6 rings (SSSR count). The summed E-state index contributed by atoms with van der Waals surface area (Å²) in [6.07, 6.45) is -1.08. The molecule has 0 aliphatic carbocycles. The maximum absolute atomic E-state index is 13.6. The van der Waals surface area contributed by atoms with Crippen LogP contribution in [0.25, 0.3) is 11.4 Å². The number of urea groups is 1. The number of nitrogens with one attached hydrogen (secondary N) is 1. The van der Waals surface area contributed by atoms with E-state index in [0.29, 0.717) is 37.6 Å². The third-order valence-corrected chi connectivity index (χ3v) is 6.85. The number of rotatable bonds is 5. The number of hydrogen-bond donors (Lipinski definition) is 1. The number of carbonyl (C=O) groups is 1. The van der Waals surface area contributed by atoms with Gasteiger partial charge in [0, 0.05) is 24.8 Å². The normalized spacial score (nSPS) is 21.3. The molecule has 1 N–H and O–H groups in total. The van der Waals surface area contributed by atoms with Crippen molar-refractivity contribution in [2.45, 2.75) is 44.4 Å². The van der Waals surface area contributed by atoms with Gasteiger partial charge in [-0.3, -0.25) is 10.2 Å². The molecule has 0 saturated carbocycles. The SMILES string of the molecule is CC1(C)OC[C@@H](COc2nccc(NC(=O)N3c4nc(-c5cccc(C(F)(F)F)c5)ncc4N4CC[C@H]3C4)n2)O1. The van der Waals surface area contributed by atoms with Crippen LogP contribution in [0.4, 0.5) is 35.3 Å². The van der Waals surface area contributed by atoms with Gasteiger partial charge in [-0.1, -0.05) is 12.1 Å². The summed E-state index contributed by atoms with van der Waals surface area (Å²) in [6.45, 7) is 5.46. The van der Waals surface area contributed by atoms with Gasteiger partial charge in [-0.2, -0.15) is 18.2 Å². The minimum Gasteiger partial charge on any atom is -0.461 e. The number of ether oxygens (including phenoxy) is 3. The van der Waals surface area contributed by atoms with Gasteiger partial charge < -0.3 is 19.1 Å². The van der Waals surface area contributed by atoms with Crippen LogP contribution in [0.5, 0.6) is 6.01 Å². The molecular formula is C26H26F3N7O4. The second-order valence-electron chi connectivity index (χ2n) is 10.2. The average Bonchev–Trinajstić information content (AvgIpc) is 3.50. The number of halogens is 3. The second kappa shape index (κ2) is 9.86. The Morgan fingerprint density at radius 1 is 1.23 bits per heavy atom. The molecule has 0 spiro atoms. The Kier molecular flexibility index (Phi) is 6.45. The number of alkyl halides is 3. The van der Waals surface area contributed by atoms with Gasteiger partial charge in [-0.05, 0) is 38.5 Å². The highest BCUT2D eigenvalue weighted by Gasteiger charge is 2.41. The Balaban J connectivity index is 1.22. The van der Waals surface area contributed by atoms with Crippen LogP contribution in [0.2, 0.25) is 0 Å². The monoisotopic (exact) mass is 557 g/mol. The van der Waals surface area contributed by atoms with Gasteiger partial charge in [-0.15, -0.1) is 0 Å². The highest BCUT2D eigenvalue weighted by Crippen LogP contribution is 2.40. The van der Waals surface area contributed by atoms with Crippen molar-refractivity contribution in [1.82, 2.24) is 19.9 Å². The van der Waals surface area contributed by atoms with E-state index in [9.17, 15) is 18.0 Å². The number of nitrogens with zero attached hydrogens (tertiary/aromatic N) is 6. The largest absolute Gasteiger partial charge is 0.461 e. The Morgan fingerprint density at radius 2 is 2.08 bits per heavy atom. The van der Waals surface area contributed by atoms with Crippen LogP contribution in [0.15, 0.2) is 42.7 Å². The lowest BCUT2D eigenvalue weighted by Crippen LogP contribution is -2.48. The fraction of sp³-hybridized carbons (Fsp3) is 0.423. The summed E-state index contributed by atoms with van der Waals surface area (Å²) >= 11 is 0. The van der Waals surface area contributed by atoms with Crippen molar-refractivity contribution in [2.75, 3.05) is 41.4 Å². The molecule has 0 unspecified atom stereocenters. The van der Waals surface area contributed by atoms with E-state index in [1.807, 2.05) is 13.8 Å². The first-order chi connectivity index (χ1) is 19.1. The molecular weight excluding hydrogens is 531 g/mol. The van der Waals surface area contributed by atoms with Gasteiger partial charge in [-0.25, -0.2) is 19.7 Å². The average molecular weight is 558 g/mol. The fourth-order valence-corrected chi connectivity index (χ4v) is 5.01. The summed E-state index contributed by atoms with van der Waals surface area (Å²) in [4.78, 5) is 34.4. The van der Waals surface area contributed by atoms with E-state index in [2.05, 4.69) is 30.2 Å². The first-order valence-electron chi connectivity index (χ1n) is 12.7. The number of fused-ring (bicyclic) bond motifs is 4. The lowest BCUT2D eigenvalue weighted by Gasteiger charge is -2.35. The van der Waals surface area contributed by atoms with Gasteiger partial charge in [0.2, 0.25) is 0 Å². The third kappa shape index (κ3) is 5.23. The minimum absolute atomic E-state index is 0.0614. The summed E-state index contributed by atoms with van der Waals surface area (Å²) in [6, 6.07) is 5.72. The van der Waals surface area contributed by atoms with Crippen molar-refractivity contribution in [1.29, 1.82) is 0 Å². The first kappa shape index (κ1) is 26.2. The summed E-state index contributed by atoms with van der Waals surface area (Å²) in [7, 11) is 0. The molecule has 2 saturated heterocycles. The van der Waals surface area contributed by atoms with Crippen LogP contribution in [0.1, 0.15) is 25.8 Å². The summed E-state index contributed by atoms with van der Waals surface area (Å²) in [5.41, 5.74) is 0.0267. The van der Waals surface area contributed by atoms with E-state index >= 15 is 0 Å². The van der Waals surface area contributed by atoms with Crippen LogP contribution >= 0.6 is 0 Å². The summed E-state index contributed by atoms with van der Waals surface area (Å²) in [5, 5.41) is 2.78. The van der Waals surface area contributed by atoms with Crippen molar-refractivity contribution in [2.24, 2.45) is 0 Å². The number of amides is 2. The molecule has 5 heterocycles. The summed E-state index contributed by atoms with van der Waals surface area (Å²) in [5.74, 6) is -0.0621. The number of carbonyl (C=O) groups excluding carboxylic acids is 1. The Morgan fingerprint density at radius 3 is 2.85 bits per heavy atom. The molecule has 3 aliphatic heterocycles. The van der Waals surface area contributed by atoms with Crippen molar-refractivity contribution in [3.63, 3.8) is 0 Å². The Labute approximate surface area is 227 Å². The van der Waals surface area contributed by atoms with E-state index < -0.39 is 23.6 Å². The van der Waals surface area contributed by atoms with Crippen molar-refractivity contribution in [3.8, 4) is 17.4 Å². The molecule has 40 heavy (non-hydrogen) atoms. The predicted octanol–water partition coefficient (Wildman–Crippen LogP) is 4.11. The Hall–Kier alpha value is -4.04. The second-order valence-corrected chi connectivity index (χ2v) is 10.2. The molecule has 3 aliphatic rings. The van der Waals surface area contributed by atoms with E-state index in [-0.39, 0.29) is 42.0 Å². The highest BCUT2D eigenvalue weighted by atomic mass is 19.4. The zero-order valence-corrected chi connectivity index (χ0v) is 21.7. The van der Waals surface area contributed by atoms with Crippen molar-refractivity contribution < 1.29 is 32.2 Å². The van der Waals surface area contributed by atoms with E-state index in [1.54, 1.807) is 6.20 Å². The van der Waals surface area contributed by atoms with E-state index in [0.717, 1.165) is 12.1 Å². The third-order valence-electron chi connectivity index (χ3n) is 6.85. The van der Waals surface area contributed by atoms with Crippen LogP contribution < -0.4 is 19.9 Å². The quantitative estimate of drug-likeness (QED) is 0.495. The number of anilines is 3. The minimum atomic E-state index is -4.50. The van der Waals surface area contributed by atoms with E-state index in [4.69, 9.17) is 14.2 Å². The van der Waals surface area contributed by atoms with Crippen LogP contribution in [-0.4, -0.2) is 70.2 Å². The number of benzene rings is 1. The van der Waals surface area contributed by atoms with Gasteiger partial charge >= 0.3 is 18.2 Å². The molecule has 2 atom stereocenters. The van der Waals surface area contributed by atoms with Crippen LogP contribution in [0, 0.1) is 0 Å². The molecule has 14 heteroatoms. The van der Waals surface area contributed by atoms with Gasteiger partial charge in [0.05, 0.1) is 30.1 Å². The number of hydrogen-bond acceptors (Lipinski definition) is 9. The molecule has 0 radical (unpaired) electrons. The Bertz CT molecular complexity index is 1440. The fourth-order valence-electron chi connectivity index (χ4n) is 5.01. The van der Waals surface area contributed by atoms with Gasteiger partial charge in [0.1, 0.15) is 18.5 Å². The highest BCUT2D eigenvalue weighted by molar-refractivity contribution is 6.04. The predicted molar refractivity (Wildman–Crippen MR) is 137 cm³/mol. The van der Waals surface area contributed by atoms with E-state index in [1.165, 1.54) is 29.3 Å². The topological polar surface area (TPSA) is 115 Å². The standard InChI is InChI=1S/C26H26F3N7O4/c1-25(2)39-14-18(40-25)13-38-23-30-8-6-20(32-23)33-24(37)36-17-7-9-35(12-17)19-11-31-21(34-22(19)36)15-4-3-5-16(10-15)26(27,28)29/h3-6,8,10-11,17-18H,7,9,12-14H2,1-2H3,(H,30,32,33,37)/t17-,18+/m0/s1. The molecule has 210 valence electrons. The molecule has 2 fully saturated rings. The zero-order valence-electron chi connectivity index (χ0n) is 21.7. The molecule has 2 bridgehead atoms. The van der Waals surface area contributed by atoms with Gasteiger partial charge in [0.15, 0.2) is 17.4 Å².